The molecule has 0 saturated heterocycles. The van der Waals surface area contributed by atoms with Crippen molar-refractivity contribution in [1.82, 2.24) is 15.1 Å². The molecule has 2 aromatic rings. The lowest BCUT2D eigenvalue weighted by Crippen LogP contribution is -2.30. The maximum Gasteiger partial charge on any atom is 0.252 e. The molecule has 0 aliphatic rings. The average molecular weight is 432 g/mol. The van der Waals surface area contributed by atoms with Gasteiger partial charge in [0.1, 0.15) is 0 Å². The Hall–Kier alpha value is -1.69. The van der Waals surface area contributed by atoms with E-state index in [9.17, 15) is 4.79 Å². The van der Waals surface area contributed by atoms with Gasteiger partial charge in [-0.1, -0.05) is 42.5 Å². The lowest BCUT2D eigenvalue weighted by molar-refractivity contribution is 0.0951. The summed E-state index contributed by atoms with van der Waals surface area (Å²) in [6.45, 7) is 4.82. The minimum atomic E-state index is -0.0207. The smallest absolute Gasteiger partial charge is 0.252 e. The summed E-state index contributed by atoms with van der Waals surface area (Å²) in [7, 11) is 4.32. The third-order valence-corrected chi connectivity index (χ3v) is 5.19. The number of halogens is 1. The Morgan fingerprint density at radius 2 is 1.52 bits per heavy atom. The lowest BCUT2D eigenvalue weighted by Gasteiger charge is -2.20. The molecule has 0 heterocycles. The molecule has 0 aliphatic carbocycles. The molecule has 0 atom stereocenters. The van der Waals surface area contributed by atoms with Crippen molar-refractivity contribution in [3.8, 4) is 0 Å². The van der Waals surface area contributed by atoms with Gasteiger partial charge < -0.3 is 15.1 Å². The zero-order chi connectivity index (χ0) is 19.5. The van der Waals surface area contributed by atoms with Gasteiger partial charge in [-0.25, -0.2) is 0 Å². The zero-order valence-corrected chi connectivity index (χ0v) is 17.9. The van der Waals surface area contributed by atoms with E-state index in [-0.39, 0.29) is 5.91 Å². The first kappa shape index (κ1) is 21.6. The maximum absolute atomic E-state index is 12.1. The highest BCUT2D eigenvalue weighted by atomic mass is 79.9. The molecule has 0 spiro atoms. The van der Waals surface area contributed by atoms with Crippen LogP contribution in [0.15, 0.2) is 59.1 Å². The van der Waals surface area contributed by atoms with E-state index in [1.807, 2.05) is 24.3 Å². The molecule has 27 heavy (non-hydrogen) atoms. The first-order valence-electron chi connectivity index (χ1n) is 9.50. The van der Waals surface area contributed by atoms with Crippen molar-refractivity contribution < 1.29 is 4.79 Å². The molecule has 0 aromatic heterocycles. The van der Waals surface area contributed by atoms with Gasteiger partial charge in [0, 0.05) is 17.6 Å². The van der Waals surface area contributed by atoms with E-state index in [1.54, 1.807) is 0 Å². The molecule has 0 radical (unpaired) electrons. The summed E-state index contributed by atoms with van der Waals surface area (Å²) in [5.74, 6) is -0.0207. The number of carbonyl (C=O) groups excluding carboxylic acids is 1. The Bertz CT molecular complexity index is 693. The van der Waals surface area contributed by atoms with Gasteiger partial charge in [-0.3, -0.25) is 4.79 Å². The van der Waals surface area contributed by atoms with Crippen LogP contribution in [0.25, 0.3) is 0 Å². The second kappa shape index (κ2) is 11.9. The van der Waals surface area contributed by atoms with E-state index in [4.69, 9.17) is 0 Å². The maximum atomic E-state index is 12.1. The highest BCUT2D eigenvalue weighted by molar-refractivity contribution is 9.10. The van der Waals surface area contributed by atoms with Crippen LogP contribution in [0.4, 0.5) is 0 Å². The first-order valence-corrected chi connectivity index (χ1v) is 10.3. The van der Waals surface area contributed by atoms with Gasteiger partial charge in [-0.15, -0.1) is 0 Å². The molecular weight excluding hydrogens is 402 g/mol. The number of amides is 1. The second-order valence-electron chi connectivity index (χ2n) is 6.97. The van der Waals surface area contributed by atoms with Crippen LogP contribution < -0.4 is 5.32 Å². The van der Waals surface area contributed by atoms with Gasteiger partial charge in [0.25, 0.3) is 5.91 Å². The molecule has 1 amide bonds. The van der Waals surface area contributed by atoms with Crippen LogP contribution in [0, 0.1) is 0 Å². The molecule has 2 rings (SSSR count). The normalized spacial score (nSPS) is 11.1. The van der Waals surface area contributed by atoms with Crippen LogP contribution in [0.2, 0.25) is 0 Å². The minimum absolute atomic E-state index is 0.0207. The summed E-state index contributed by atoms with van der Waals surface area (Å²) >= 11 is 3.42. The Morgan fingerprint density at radius 3 is 2.26 bits per heavy atom. The fourth-order valence-electron chi connectivity index (χ4n) is 2.99. The third kappa shape index (κ3) is 8.24. The first-order chi connectivity index (χ1) is 13.1. The molecule has 5 heteroatoms. The van der Waals surface area contributed by atoms with Crippen molar-refractivity contribution in [2.24, 2.45) is 0 Å². The van der Waals surface area contributed by atoms with Crippen LogP contribution in [-0.4, -0.2) is 56.0 Å². The quantitative estimate of drug-likeness (QED) is 0.545. The highest BCUT2D eigenvalue weighted by Crippen LogP contribution is 2.15. The van der Waals surface area contributed by atoms with Crippen LogP contribution in [0.3, 0.4) is 0 Å². The summed E-state index contributed by atoms with van der Waals surface area (Å²) in [5.41, 5.74) is 2.04. The van der Waals surface area contributed by atoms with E-state index in [1.165, 1.54) is 5.56 Å². The van der Waals surface area contributed by atoms with Crippen molar-refractivity contribution in [2.75, 3.05) is 40.3 Å². The van der Waals surface area contributed by atoms with Crippen molar-refractivity contribution >= 4 is 21.8 Å². The Kier molecular flexibility index (Phi) is 9.53. The Morgan fingerprint density at radius 1 is 0.889 bits per heavy atom. The van der Waals surface area contributed by atoms with E-state index in [0.29, 0.717) is 12.1 Å². The fourth-order valence-corrected chi connectivity index (χ4v) is 3.45. The summed E-state index contributed by atoms with van der Waals surface area (Å²) < 4.78 is 0.833. The zero-order valence-electron chi connectivity index (χ0n) is 16.3. The van der Waals surface area contributed by atoms with Gasteiger partial charge in [-0.2, -0.15) is 0 Å². The number of carbonyl (C=O) groups is 1. The topological polar surface area (TPSA) is 35.6 Å². The molecule has 1 N–H and O–H groups in total. The largest absolute Gasteiger partial charge is 0.352 e. The molecule has 4 nitrogen and oxygen atoms in total. The van der Waals surface area contributed by atoms with Gasteiger partial charge >= 0.3 is 0 Å². The molecule has 0 fully saturated rings. The molecule has 0 bridgehead atoms. The van der Waals surface area contributed by atoms with Gasteiger partial charge in [-0.05, 0) is 80.2 Å². The molecule has 146 valence electrons. The van der Waals surface area contributed by atoms with E-state index in [0.717, 1.165) is 43.5 Å². The molecule has 0 aliphatic heterocycles. The Labute approximate surface area is 171 Å². The van der Waals surface area contributed by atoms with Crippen LogP contribution in [0.1, 0.15) is 28.8 Å². The number of nitrogens with zero attached hydrogens (tertiary/aromatic N) is 2. The van der Waals surface area contributed by atoms with Crippen molar-refractivity contribution in [3.05, 3.63) is 70.2 Å². The summed E-state index contributed by atoms with van der Waals surface area (Å²) in [4.78, 5) is 16.8. The van der Waals surface area contributed by atoms with E-state index < -0.39 is 0 Å². The molecule has 2 aromatic carbocycles. The number of nitrogens with one attached hydrogen (secondary N) is 1. The van der Waals surface area contributed by atoms with Gasteiger partial charge in [0.2, 0.25) is 0 Å². The van der Waals surface area contributed by atoms with Crippen molar-refractivity contribution in [2.45, 2.75) is 19.4 Å². The SMILES string of the molecule is CN(CCCNC(=O)c1ccccc1Br)CCCN(C)Cc1ccccc1. The van der Waals surface area contributed by atoms with Crippen molar-refractivity contribution in [3.63, 3.8) is 0 Å². The number of hydrogen-bond donors (Lipinski definition) is 1. The standard InChI is InChI=1S/C22H30BrN3O/c1-25(16-9-17-26(2)18-19-10-4-3-5-11-19)15-8-14-24-22(27)20-12-6-7-13-21(20)23/h3-7,10-13H,8-9,14-18H2,1-2H3,(H,24,27). The third-order valence-electron chi connectivity index (χ3n) is 4.50. The summed E-state index contributed by atoms with van der Waals surface area (Å²) in [6, 6.07) is 18.1. The van der Waals surface area contributed by atoms with E-state index >= 15 is 0 Å². The van der Waals surface area contributed by atoms with Crippen LogP contribution in [-0.2, 0) is 6.54 Å². The number of rotatable bonds is 11. The monoisotopic (exact) mass is 431 g/mol. The minimum Gasteiger partial charge on any atom is -0.352 e. The van der Waals surface area contributed by atoms with Crippen LogP contribution >= 0.6 is 15.9 Å². The molecule has 0 unspecified atom stereocenters. The predicted molar refractivity (Wildman–Crippen MR) is 116 cm³/mol. The average Bonchev–Trinajstić information content (AvgIpc) is 2.66. The second-order valence-corrected chi connectivity index (χ2v) is 7.82. The Balaban J connectivity index is 1.55. The highest BCUT2D eigenvalue weighted by Gasteiger charge is 2.08. The predicted octanol–water partition coefficient (Wildman–Crippen LogP) is 4.02. The van der Waals surface area contributed by atoms with Gasteiger partial charge in [0.05, 0.1) is 5.56 Å². The summed E-state index contributed by atoms with van der Waals surface area (Å²) in [6.07, 6.45) is 2.09. The van der Waals surface area contributed by atoms with Crippen LogP contribution in [0.5, 0.6) is 0 Å². The lowest BCUT2D eigenvalue weighted by atomic mass is 10.2. The van der Waals surface area contributed by atoms with E-state index in [2.05, 4.69) is 75.5 Å². The fraction of sp³-hybridized carbons (Fsp3) is 0.409. The number of benzene rings is 2. The van der Waals surface area contributed by atoms with Gasteiger partial charge in [0.15, 0.2) is 0 Å². The molecular formula is C22H30BrN3O. The number of hydrogen-bond acceptors (Lipinski definition) is 3. The summed E-state index contributed by atoms with van der Waals surface area (Å²) in [5, 5.41) is 2.99. The molecule has 0 saturated carbocycles. The van der Waals surface area contributed by atoms with Crippen molar-refractivity contribution in [1.29, 1.82) is 0 Å².